The Hall–Kier alpha value is 0.0700. The average Bonchev–Trinajstić information content (AvgIpc) is 1.85. The molecule has 0 aromatic carbocycles. The molecule has 11 heavy (non-hydrogen) atoms. The highest BCUT2D eigenvalue weighted by Gasteiger charge is 2.13. The first-order valence-electron chi connectivity index (χ1n) is 3.19. The summed E-state index contributed by atoms with van der Waals surface area (Å²) in [5, 5.41) is 8.49. The van der Waals surface area contributed by atoms with E-state index in [1.807, 2.05) is 0 Å². The molecule has 0 spiro atoms. The highest BCUT2D eigenvalue weighted by molar-refractivity contribution is 7.51. The second-order valence-corrected chi connectivity index (χ2v) is 4.04. The molecule has 0 bridgehead atoms. The van der Waals surface area contributed by atoms with E-state index in [-0.39, 0.29) is 19.1 Å². The second-order valence-electron chi connectivity index (χ2n) is 2.45. The number of aliphatic hydroxyl groups excluding tert-OH is 1. The van der Waals surface area contributed by atoms with E-state index in [0.717, 1.165) is 0 Å². The van der Waals surface area contributed by atoms with Crippen molar-refractivity contribution in [3.63, 3.8) is 0 Å². The fraction of sp³-hybridized carbons (Fsp3) is 1.00. The zero-order valence-corrected chi connectivity index (χ0v) is 7.20. The third-order valence-corrected chi connectivity index (χ3v) is 1.49. The van der Waals surface area contributed by atoms with Crippen LogP contribution in [-0.2, 0) is 9.30 Å². The van der Waals surface area contributed by atoms with Crippen molar-refractivity contribution in [1.82, 2.24) is 0 Å². The Bertz CT molecular complexity index is 142. The molecule has 3 N–H and O–H groups in total. The molecule has 0 heterocycles. The fourth-order valence-corrected chi connectivity index (χ4v) is 0.769. The lowest BCUT2D eigenvalue weighted by atomic mass is 10.2. The van der Waals surface area contributed by atoms with Crippen molar-refractivity contribution in [2.45, 2.75) is 6.92 Å². The largest absolute Gasteiger partial charge is 0.396 e. The van der Waals surface area contributed by atoms with Crippen LogP contribution in [0.2, 0.25) is 0 Å². The summed E-state index contributed by atoms with van der Waals surface area (Å²) in [6.07, 6.45) is -0.572. The van der Waals surface area contributed by atoms with Gasteiger partial charge in [0.2, 0.25) is 0 Å². The maximum absolute atomic E-state index is 10.2. The van der Waals surface area contributed by atoms with Crippen LogP contribution in [0.25, 0.3) is 0 Å². The third-order valence-electron chi connectivity index (χ3n) is 0.974. The summed E-state index contributed by atoms with van der Waals surface area (Å²) < 4.78 is 14.8. The molecule has 68 valence electrons. The van der Waals surface area contributed by atoms with E-state index in [0.29, 0.717) is 0 Å². The Morgan fingerprint density at radius 2 is 2.09 bits per heavy atom. The minimum Gasteiger partial charge on any atom is -0.396 e. The van der Waals surface area contributed by atoms with Crippen LogP contribution in [0.3, 0.4) is 0 Å². The molecular formula is C5H13O5P. The summed E-state index contributed by atoms with van der Waals surface area (Å²) in [4.78, 5) is 16.7. The molecule has 0 aliphatic carbocycles. The standard InChI is InChI=1S/C5H13O5P/c1-5(2-6)3-10-4-11(7,8)9/h5-6H,2-4H2,1H3,(H2,7,8,9). The maximum atomic E-state index is 10.2. The first-order chi connectivity index (χ1) is 4.95. The number of aliphatic hydroxyl groups is 1. The van der Waals surface area contributed by atoms with E-state index in [1.165, 1.54) is 0 Å². The third kappa shape index (κ3) is 7.97. The molecule has 0 saturated carbocycles. The van der Waals surface area contributed by atoms with Crippen LogP contribution < -0.4 is 0 Å². The molecule has 5 nitrogen and oxygen atoms in total. The van der Waals surface area contributed by atoms with E-state index < -0.39 is 13.9 Å². The van der Waals surface area contributed by atoms with Crippen molar-refractivity contribution in [3.05, 3.63) is 0 Å². The van der Waals surface area contributed by atoms with Gasteiger partial charge in [0.1, 0.15) is 6.35 Å². The van der Waals surface area contributed by atoms with E-state index in [9.17, 15) is 4.57 Å². The predicted octanol–water partition coefficient (Wildman–Crippen LogP) is -0.233. The van der Waals surface area contributed by atoms with Gasteiger partial charge in [-0.1, -0.05) is 6.92 Å². The van der Waals surface area contributed by atoms with Gasteiger partial charge in [-0.05, 0) is 0 Å². The van der Waals surface area contributed by atoms with Gasteiger partial charge < -0.3 is 19.6 Å². The molecule has 0 rings (SSSR count). The number of hydrogen-bond donors (Lipinski definition) is 3. The Balaban J connectivity index is 3.35. The maximum Gasteiger partial charge on any atom is 0.350 e. The highest BCUT2D eigenvalue weighted by atomic mass is 31.2. The van der Waals surface area contributed by atoms with Crippen molar-refractivity contribution < 1.29 is 24.2 Å². The van der Waals surface area contributed by atoms with Gasteiger partial charge in [-0.15, -0.1) is 0 Å². The minimum absolute atomic E-state index is 0.0405. The van der Waals surface area contributed by atoms with Crippen molar-refractivity contribution in [1.29, 1.82) is 0 Å². The van der Waals surface area contributed by atoms with Crippen molar-refractivity contribution in [2.24, 2.45) is 5.92 Å². The van der Waals surface area contributed by atoms with E-state index in [1.54, 1.807) is 6.92 Å². The van der Waals surface area contributed by atoms with Gasteiger partial charge in [-0.3, -0.25) is 4.57 Å². The molecule has 6 heteroatoms. The van der Waals surface area contributed by atoms with Gasteiger partial charge in [-0.2, -0.15) is 0 Å². The Kier molecular flexibility index (Phi) is 4.88. The van der Waals surface area contributed by atoms with Crippen molar-refractivity contribution in [2.75, 3.05) is 19.6 Å². The average molecular weight is 184 g/mol. The van der Waals surface area contributed by atoms with Crippen LogP contribution in [0, 0.1) is 5.92 Å². The summed E-state index contributed by atoms with van der Waals surface area (Å²) >= 11 is 0. The van der Waals surface area contributed by atoms with E-state index in [2.05, 4.69) is 4.74 Å². The van der Waals surface area contributed by atoms with Crippen LogP contribution in [0.15, 0.2) is 0 Å². The molecule has 0 aromatic rings. The molecular weight excluding hydrogens is 171 g/mol. The van der Waals surface area contributed by atoms with Crippen LogP contribution in [-0.4, -0.2) is 34.5 Å². The molecule has 0 aliphatic rings. The Morgan fingerprint density at radius 3 is 2.45 bits per heavy atom. The van der Waals surface area contributed by atoms with Crippen molar-refractivity contribution >= 4 is 7.60 Å². The zero-order valence-electron chi connectivity index (χ0n) is 6.30. The lowest BCUT2D eigenvalue weighted by molar-refractivity contribution is 0.0973. The summed E-state index contributed by atoms with van der Waals surface area (Å²) in [5.74, 6) is -0.0819. The summed E-state index contributed by atoms with van der Waals surface area (Å²) in [5.41, 5.74) is 0. The predicted molar refractivity (Wildman–Crippen MR) is 39.1 cm³/mol. The van der Waals surface area contributed by atoms with Gasteiger partial charge in [-0.25, -0.2) is 0 Å². The molecule has 1 atom stereocenters. The van der Waals surface area contributed by atoms with Crippen LogP contribution in [0.4, 0.5) is 0 Å². The molecule has 0 fully saturated rings. The monoisotopic (exact) mass is 184 g/mol. The van der Waals surface area contributed by atoms with E-state index in [4.69, 9.17) is 14.9 Å². The number of rotatable bonds is 5. The highest BCUT2D eigenvalue weighted by Crippen LogP contribution is 2.33. The van der Waals surface area contributed by atoms with Gasteiger partial charge in [0.15, 0.2) is 0 Å². The number of hydrogen-bond acceptors (Lipinski definition) is 3. The summed E-state index contributed by atoms with van der Waals surface area (Å²) in [6.45, 7) is 1.85. The van der Waals surface area contributed by atoms with E-state index >= 15 is 0 Å². The Morgan fingerprint density at radius 1 is 1.55 bits per heavy atom. The van der Waals surface area contributed by atoms with Gasteiger partial charge in [0, 0.05) is 12.5 Å². The first-order valence-corrected chi connectivity index (χ1v) is 4.98. The molecule has 0 saturated heterocycles. The molecule has 0 aliphatic heterocycles. The zero-order chi connectivity index (χ0) is 8.91. The van der Waals surface area contributed by atoms with Crippen LogP contribution in [0.1, 0.15) is 6.92 Å². The lowest BCUT2D eigenvalue weighted by Crippen LogP contribution is -2.10. The second kappa shape index (κ2) is 4.85. The number of ether oxygens (including phenoxy) is 1. The topological polar surface area (TPSA) is 87.0 Å². The Labute approximate surface area is 65.2 Å². The van der Waals surface area contributed by atoms with Gasteiger partial charge in [0.25, 0.3) is 0 Å². The SMILES string of the molecule is CC(CO)COCP(=O)(O)O. The van der Waals surface area contributed by atoms with Gasteiger partial charge in [0.05, 0.1) is 6.61 Å². The lowest BCUT2D eigenvalue weighted by Gasteiger charge is -2.08. The summed E-state index contributed by atoms with van der Waals surface area (Å²) in [7, 11) is -4.04. The molecule has 0 aromatic heterocycles. The van der Waals surface area contributed by atoms with Crippen LogP contribution >= 0.6 is 7.60 Å². The first kappa shape index (κ1) is 11.1. The minimum atomic E-state index is -4.04. The van der Waals surface area contributed by atoms with Crippen LogP contribution in [0.5, 0.6) is 0 Å². The molecule has 0 radical (unpaired) electrons. The fourth-order valence-electron chi connectivity index (χ4n) is 0.426. The molecule has 1 unspecified atom stereocenters. The normalized spacial score (nSPS) is 14.9. The summed E-state index contributed by atoms with van der Waals surface area (Å²) in [6, 6.07) is 0. The molecule has 0 amide bonds. The van der Waals surface area contributed by atoms with Gasteiger partial charge >= 0.3 is 7.60 Å². The smallest absolute Gasteiger partial charge is 0.350 e. The van der Waals surface area contributed by atoms with Crippen molar-refractivity contribution in [3.8, 4) is 0 Å². The quantitative estimate of drug-likeness (QED) is 0.513.